The van der Waals surface area contributed by atoms with Crippen LogP contribution in [0.3, 0.4) is 0 Å². The third-order valence-electron chi connectivity index (χ3n) is 8.38. The number of carbonyl (C=O) groups excluding carboxylic acids is 2. The average molecular weight is 685 g/mol. The van der Waals surface area contributed by atoms with Crippen molar-refractivity contribution in [3.8, 4) is 0 Å². The van der Waals surface area contributed by atoms with E-state index in [1.54, 1.807) is 18.2 Å². The molecule has 1 aliphatic heterocycles. The summed E-state index contributed by atoms with van der Waals surface area (Å²) in [6, 6.07) is 12.0. The van der Waals surface area contributed by atoms with Gasteiger partial charge in [0.15, 0.2) is 21.4 Å². The van der Waals surface area contributed by atoms with Crippen molar-refractivity contribution in [3.05, 3.63) is 69.9 Å². The minimum absolute atomic E-state index is 0.0669. The number of nitro groups is 1. The van der Waals surface area contributed by atoms with E-state index in [0.29, 0.717) is 25.8 Å². The minimum atomic E-state index is -3.85. The third-order valence-corrected chi connectivity index (χ3v) is 10.1. The van der Waals surface area contributed by atoms with Gasteiger partial charge in [-0.1, -0.05) is 29.4 Å². The Morgan fingerprint density at radius 1 is 1.12 bits per heavy atom. The highest BCUT2D eigenvalue weighted by atomic mass is 32.2. The van der Waals surface area contributed by atoms with Crippen LogP contribution in [0.4, 0.5) is 10.5 Å². The van der Waals surface area contributed by atoms with Crippen LogP contribution in [-0.4, -0.2) is 87.5 Å². The molecule has 3 N–H and O–H groups in total. The molecule has 0 saturated carbocycles. The Morgan fingerprint density at radius 2 is 1.77 bits per heavy atom. The number of carboxylic acid groups (broad SMARTS) is 1. The molecule has 2 heterocycles. The molecule has 258 valence electrons. The predicted molar refractivity (Wildman–Crippen MR) is 177 cm³/mol. The van der Waals surface area contributed by atoms with Crippen LogP contribution in [0.15, 0.2) is 58.6 Å². The number of hydrogen-bond donors (Lipinski definition) is 2. The quantitative estimate of drug-likeness (QED) is 0.0966. The molecule has 48 heavy (non-hydrogen) atoms. The average Bonchev–Trinajstić information content (AvgIpc) is 3.36. The molecule has 0 unspecified atom stereocenters. The van der Waals surface area contributed by atoms with E-state index in [2.05, 4.69) is 9.99 Å². The van der Waals surface area contributed by atoms with E-state index in [1.807, 2.05) is 20.8 Å². The number of amides is 2. The van der Waals surface area contributed by atoms with E-state index in [-0.39, 0.29) is 58.4 Å². The first-order valence-corrected chi connectivity index (χ1v) is 17.1. The maximum Gasteiger partial charge on any atom is 0.407 e. The second kappa shape index (κ2) is 14.4. The van der Waals surface area contributed by atoms with Gasteiger partial charge in [-0.05, 0) is 70.2 Å². The molecule has 4 rings (SSSR count). The van der Waals surface area contributed by atoms with Gasteiger partial charge in [-0.25, -0.2) is 18.0 Å². The number of benzene rings is 2. The van der Waals surface area contributed by atoms with Crippen LogP contribution in [0.1, 0.15) is 63.0 Å². The molecule has 0 radical (unpaired) electrons. The summed E-state index contributed by atoms with van der Waals surface area (Å²) < 4.78 is 27.9. The molecule has 0 bridgehead atoms. The van der Waals surface area contributed by atoms with Gasteiger partial charge in [0.05, 0.1) is 26.5 Å². The lowest BCUT2D eigenvalue weighted by molar-refractivity contribution is -0.383. The van der Waals surface area contributed by atoms with Crippen LogP contribution in [0, 0.1) is 16.0 Å². The molecule has 2 amide bonds. The molecule has 15 nitrogen and oxygen atoms in total. The van der Waals surface area contributed by atoms with E-state index in [0.717, 1.165) is 6.92 Å². The molecule has 1 aromatic heterocycles. The lowest BCUT2D eigenvalue weighted by Crippen LogP contribution is -2.46. The lowest BCUT2D eigenvalue weighted by atomic mass is 9.92. The van der Waals surface area contributed by atoms with Gasteiger partial charge in [-0.3, -0.25) is 14.9 Å². The monoisotopic (exact) mass is 684 g/mol. The van der Waals surface area contributed by atoms with E-state index >= 15 is 0 Å². The Bertz CT molecular complexity index is 1840. The zero-order valence-electron chi connectivity index (χ0n) is 27.3. The van der Waals surface area contributed by atoms with E-state index in [1.165, 1.54) is 44.7 Å². The minimum Gasteiger partial charge on any atom is -0.465 e. The summed E-state index contributed by atoms with van der Waals surface area (Å²) in [6.45, 7) is 7.21. The number of carbonyl (C=O) groups is 3. The number of aromatic nitrogens is 1. The Hall–Kier alpha value is -4.99. The SMILES string of the molecule is CC(=O)ON=C(N)c1ccc2c([N+](=O)[O-])c(C(=O)N3CCC(CCN(C(=O)O)C(C)(C)C)CC3)n(CCS(=O)(=O)c3ccccc3)c2c1. The van der Waals surface area contributed by atoms with Crippen LogP contribution in [0.5, 0.6) is 0 Å². The number of piperidine rings is 1. The summed E-state index contributed by atoms with van der Waals surface area (Å²) in [5, 5.41) is 25.8. The number of aryl methyl sites for hydroxylation is 1. The van der Waals surface area contributed by atoms with Crippen LogP contribution in [-0.2, 0) is 26.0 Å². The highest BCUT2D eigenvalue weighted by Crippen LogP contribution is 2.36. The summed E-state index contributed by atoms with van der Waals surface area (Å²) in [7, 11) is -3.85. The molecular weight excluding hydrogens is 644 g/mol. The topological polar surface area (TPSA) is 208 Å². The fourth-order valence-corrected chi connectivity index (χ4v) is 7.08. The van der Waals surface area contributed by atoms with Gasteiger partial charge in [-0.15, -0.1) is 0 Å². The number of hydrogen-bond acceptors (Lipinski definition) is 9. The number of nitrogens with two attached hydrogens (primary N) is 1. The fraction of sp³-hybridized carbons (Fsp3) is 0.438. The number of amidine groups is 1. The van der Waals surface area contributed by atoms with Gasteiger partial charge in [0, 0.05) is 44.2 Å². The molecule has 3 aromatic rings. The number of sulfone groups is 1. The first-order valence-electron chi connectivity index (χ1n) is 15.4. The maximum atomic E-state index is 14.2. The van der Waals surface area contributed by atoms with E-state index in [4.69, 9.17) is 5.73 Å². The largest absolute Gasteiger partial charge is 0.465 e. The smallest absolute Gasteiger partial charge is 0.407 e. The van der Waals surface area contributed by atoms with Crippen LogP contribution in [0.2, 0.25) is 0 Å². The van der Waals surface area contributed by atoms with Crippen molar-refractivity contribution in [1.82, 2.24) is 14.4 Å². The third kappa shape index (κ3) is 8.10. The van der Waals surface area contributed by atoms with E-state index < -0.39 is 49.7 Å². The Kier molecular flexibility index (Phi) is 10.8. The molecule has 1 fully saturated rings. The zero-order valence-corrected chi connectivity index (χ0v) is 28.1. The lowest BCUT2D eigenvalue weighted by Gasteiger charge is -2.36. The standard InChI is InChI=1S/C32H40N6O9S/c1-21(39)47-34-29(33)23-10-11-25-26(20-23)36(18-19-48(45,46)24-8-6-5-7-9-24)28(27(25)38(43)44)30(40)35-15-12-22(13-16-35)14-17-37(31(41)42)32(2,3)4/h5-11,20,22H,12-19H2,1-4H3,(H2,33,34)(H,41,42). The highest BCUT2D eigenvalue weighted by molar-refractivity contribution is 7.91. The van der Waals surface area contributed by atoms with Gasteiger partial charge >= 0.3 is 17.7 Å². The van der Waals surface area contributed by atoms with Gasteiger partial charge in [0.1, 0.15) is 0 Å². The zero-order chi connectivity index (χ0) is 35.4. The van der Waals surface area contributed by atoms with Gasteiger partial charge in [0.25, 0.3) is 5.91 Å². The Morgan fingerprint density at radius 3 is 2.33 bits per heavy atom. The normalized spacial score (nSPS) is 14.6. The van der Waals surface area contributed by atoms with Crippen molar-refractivity contribution >= 4 is 50.2 Å². The molecule has 0 aliphatic carbocycles. The van der Waals surface area contributed by atoms with Crippen molar-refractivity contribution in [1.29, 1.82) is 0 Å². The van der Waals surface area contributed by atoms with Crippen molar-refractivity contribution in [2.75, 3.05) is 25.4 Å². The first-order chi connectivity index (χ1) is 22.5. The van der Waals surface area contributed by atoms with Gasteiger partial charge in [0.2, 0.25) is 0 Å². The molecule has 0 atom stereocenters. The Balaban J connectivity index is 1.70. The van der Waals surface area contributed by atoms with Crippen molar-refractivity contribution in [3.63, 3.8) is 0 Å². The van der Waals surface area contributed by atoms with Crippen LogP contribution < -0.4 is 5.73 Å². The highest BCUT2D eigenvalue weighted by Gasteiger charge is 2.36. The second-order valence-corrected chi connectivity index (χ2v) is 14.8. The van der Waals surface area contributed by atoms with Crippen molar-refractivity contribution < 1.29 is 37.7 Å². The molecular formula is C32H40N6O9S. The van der Waals surface area contributed by atoms with Gasteiger partial charge in [-0.2, -0.15) is 0 Å². The van der Waals surface area contributed by atoms with E-state index in [9.17, 15) is 38.0 Å². The van der Waals surface area contributed by atoms with Crippen LogP contribution >= 0.6 is 0 Å². The number of likely N-dealkylation sites (tertiary alicyclic amines) is 1. The summed E-state index contributed by atoms with van der Waals surface area (Å²) in [4.78, 5) is 56.7. The molecule has 0 spiro atoms. The maximum absolute atomic E-state index is 14.2. The fourth-order valence-electron chi connectivity index (χ4n) is 5.85. The molecule has 1 saturated heterocycles. The van der Waals surface area contributed by atoms with Gasteiger partial charge < -0.3 is 30.0 Å². The first kappa shape index (κ1) is 35.9. The summed E-state index contributed by atoms with van der Waals surface area (Å²) in [5.74, 6) is -1.87. The molecule has 1 aliphatic rings. The molecule has 2 aromatic carbocycles. The van der Waals surface area contributed by atoms with Crippen molar-refractivity contribution in [2.45, 2.75) is 63.9 Å². The number of rotatable bonds is 11. The summed E-state index contributed by atoms with van der Waals surface area (Å²) in [5.41, 5.74) is 5.10. The van der Waals surface area contributed by atoms with Crippen molar-refractivity contribution in [2.24, 2.45) is 16.8 Å². The predicted octanol–water partition coefficient (Wildman–Crippen LogP) is 4.23. The molecule has 16 heteroatoms. The Labute approximate surface area is 278 Å². The number of oxime groups is 1. The van der Waals surface area contributed by atoms with Crippen LogP contribution in [0.25, 0.3) is 10.9 Å². The number of nitrogens with zero attached hydrogens (tertiary/aromatic N) is 5. The number of fused-ring (bicyclic) bond motifs is 1. The second-order valence-electron chi connectivity index (χ2n) is 12.7. The summed E-state index contributed by atoms with van der Waals surface area (Å²) in [6.07, 6.45) is 0.717. The summed E-state index contributed by atoms with van der Waals surface area (Å²) >= 11 is 0.